The van der Waals surface area contributed by atoms with Gasteiger partial charge < -0.3 is 5.21 Å². The molecule has 3 aliphatic rings. The Morgan fingerprint density at radius 2 is 1.20 bits per heavy atom. The zero-order valence-corrected chi connectivity index (χ0v) is 9.57. The van der Waals surface area contributed by atoms with E-state index in [0.29, 0.717) is 12.1 Å². The summed E-state index contributed by atoms with van der Waals surface area (Å²) in [5.74, 6) is 1.62. The van der Waals surface area contributed by atoms with E-state index in [1.54, 1.807) is 5.06 Å². The summed E-state index contributed by atoms with van der Waals surface area (Å²) in [4.78, 5) is 0. The lowest BCUT2D eigenvalue weighted by molar-refractivity contribution is -0.222. The van der Waals surface area contributed by atoms with Crippen LogP contribution in [0.4, 0.5) is 0 Å². The van der Waals surface area contributed by atoms with Crippen molar-refractivity contribution in [1.82, 2.24) is 5.06 Å². The Hall–Kier alpha value is -0.0800. The minimum absolute atomic E-state index is 0.512. The highest BCUT2D eigenvalue weighted by molar-refractivity contribution is 4.94. The van der Waals surface area contributed by atoms with E-state index in [9.17, 15) is 5.21 Å². The van der Waals surface area contributed by atoms with E-state index in [0.717, 1.165) is 11.8 Å². The lowest BCUT2D eigenvalue weighted by atomic mass is 9.69. The quantitative estimate of drug-likeness (QED) is 0.662. The molecule has 2 aliphatic carbocycles. The highest BCUT2D eigenvalue weighted by Crippen LogP contribution is 2.44. The van der Waals surface area contributed by atoms with Gasteiger partial charge >= 0.3 is 0 Å². The Labute approximate surface area is 92.6 Å². The van der Waals surface area contributed by atoms with Gasteiger partial charge in [0.25, 0.3) is 0 Å². The van der Waals surface area contributed by atoms with Crippen molar-refractivity contribution >= 4 is 0 Å². The van der Waals surface area contributed by atoms with E-state index < -0.39 is 0 Å². The molecular formula is C13H23NO. The summed E-state index contributed by atoms with van der Waals surface area (Å²) in [6, 6.07) is 1.02. The van der Waals surface area contributed by atoms with Crippen molar-refractivity contribution in [2.24, 2.45) is 11.8 Å². The molecule has 1 heterocycles. The third-order valence-corrected chi connectivity index (χ3v) is 5.02. The Balaban J connectivity index is 1.76. The SMILES string of the molecule is ON1C2CCCCC2CC2CCCCC21. The Kier molecular flexibility index (Phi) is 2.73. The fourth-order valence-corrected chi connectivity index (χ4v) is 4.26. The Morgan fingerprint density at radius 3 is 1.73 bits per heavy atom. The first kappa shape index (κ1) is 10.1. The van der Waals surface area contributed by atoms with E-state index in [-0.39, 0.29) is 0 Å². The number of piperidine rings is 1. The molecule has 2 heteroatoms. The molecule has 3 rings (SSSR count). The Morgan fingerprint density at radius 1 is 0.733 bits per heavy atom. The molecular weight excluding hydrogens is 186 g/mol. The second-order valence-corrected chi connectivity index (χ2v) is 5.84. The van der Waals surface area contributed by atoms with E-state index in [2.05, 4.69) is 0 Å². The molecule has 4 atom stereocenters. The molecule has 15 heavy (non-hydrogen) atoms. The van der Waals surface area contributed by atoms with Gasteiger partial charge in [0, 0.05) is 12.1 Å². The molecule has 3 fully saturated rings. The predicted molar refractivity (Wildman–Crippen MR) is 59.7 cm³/mol. The molecule has 0 bridgehead atoms. The number of hydrogen-bond donors (Lipinski definition) is 1. The summed E-state index contributed by atoms with van der Waals surface area (Å²) in [5.41, 5.74) is 0. The summed E-state index contributed by atoms with van der Waals surface area (Å²) in [5, 5.41) is 12.1. The van der Waals surface area contributed by atoms with Crippen molar-refractivity contribution in [1.29, 1.82) is 0 Å². The molecule has 2 saturated carbocycles. The molecule has 0 aromatic rings. The van der Waals surface area contributed by atoms with Gasteiger partial charge in [0.1, 0.15) is 0 Å². The first-order chi connectivity index (χ1) is 7.36. The van der Waals surface area contributed by atoms with Crippen molar-refractivity contribution in [3.8, 4) is 0 Å². The minimum atomic E-state index is 0.512. The monoisotopic (exact) mass is 209 g/mol. The second kappa shape index (κ2) is 4.06. The maximum Gasteiger partial charge on any atom is 0.0381 e. The van der Waals surface area contributed by atoms with Crippen LogP contribution in [-0.2, 0) is 0 Å². The fourth-order valence-electron chi connectivity index (χ4n) is 4.26. The number of nitrogens with zero attached hydrogens (tertiary/aromatic N) is 1. The molecule has 4 unspecified atom stereocenters. The van der Waals surface area contributed by atoms with Gasteiger partial charge in [-0.15, -0.1) is 0 Å². The molecule has 1 aliphatic heterocycles. The molecule has 0 aromatic heterocycles. The average molecular weight is 209 g/mol. The molecule has 0 radical (unpaired) electrons. The zero-order chi connectivity index (χ0) is 10.3. The number of rotatable bonds is 0. The van der Waals surface area contributed by atoms with Crippen molar-refractivity contribution in [2.45, 2.75) is 69.9 Å². The summed E-state index contributed by atoms with van der Waals surface area (Å²) in [6.07, 6.45) is 12.1. The normalized spacial score (nSPS) is 47.0. The van der Waals surface area contributed by atoms with Gasteiger partial charge in [0.05, 0.1) is 0 Å². The van der Waals surface area contributed by atoms with Gasteiger partial charge in [-0.3, -0.25) is 0 Å². The molecule has 2 nitrogen and oxygen atoms in total. The summed E-state index contributed by atoms with van der Waals surface area (Å²) in [6.45, 7) is 0. The lowest BCUT2D eigenvalue weighted by Crippen LogP contribution is -2.55. The largest absolute Gasteiger partial charge is 0.313 e. The number of hydroxylamine groups is 2. The first-order valence-corrected chi connectivity index (χ1v) is 6.83. The van der Waals surface area contributed by atoms with Gasteiger partial charge in [0.2, 0.25) is 0 Å². The van der Waals surface area contributed by atoms with E-state index in [1.807, 2.05) is 0 Å². The van der Waals surface area contributed by atoms with Gasteiger partial charge in [-0.05, 0) is 43.9 Å². The standard InChI is InChI=1S/C13H23NO/c15-14-12-7-3-1-5-10(12)9-11-6-2-4-8-13(11)14/h10-13,15H,1-9H2. The Bertz CT molecular complexity index is 209. The number of fused-ring (bicyclic) bond motifs is 2. The summed E-state index contributed by atoms with van der Waals surface area (Å²) >= 11 is 0. The average Bonchev–Trinajstić information content (AvgIpc) is 2.30. The van der Waals surface area contributed by atoms with Crippen LogP contribution in [0.15, 0.2) is 0 Å². The predicted octanol–water partition coefficient (Wildman–Crippen LogP) is 3.20. The van der Waals surface area contributed by atoms with Gasteiger partial charge in [0.15, 0.2) is 0 Å². The van der Waals surface area contributed by atoms with Crippen LogP contribution in [0.1, 0.15) is 57.8 Å². The van der Waals surface area contributed by atoms with Crippen LogP contribution in [0.3, 0.4) is 0 Å². The molecule has 1 saturated heterocycles. The minimum Gasteiger partial charge on any atom is -0.313 e. The van der Waals surface area contributed by atoms with Crippen LogP contribution in [-0.4, -0.2) is 22.4 Å². The van der Waals surface area contributed by atoms with Crippen molar-refractivity contribution < 1.29 is 5.21 Å². The smallest absolute Gasteiger partial charge is 0.0381 e. The van der Waals surface area contributed by atoms with Crippen LogP contribution in [0.5, 0.6) is 0 Å². The van der Waals surface area contributed by atoms with Crippen LogP contribution in [0.25, 0.3) is 0 Å². The van der Waals surface area contributed by atoms with Gasteiger partial charge in [-0.1, -0.05) is 25.7 Å². The van der Waals surface area contributed by atoms with Crippen LogP contribution >= 0.6 is 0 Å². The second-order valence-electron chi connectivity index (χ2n) is 5.84. The highest BCUT2D eigenvalue weighted by Gasteiger charge is 2.43. The zero-order valence-electron chi connectivity index (χ0n) is 9.57. The number of hydrogen-bond acceptors (Lipinski definition) is 2. The van der Waals surface area contributed by atoms with E-state index in [1.165, 1.54) is 57.8 Å². The van der Waals surface area contributed by atoms with Crippen LogP contribution in [0, 0.1) is 11.8 Å². The summed E-state index contributed by atoms with van der Waals surface area (Å²) < 4.78 is 0. The van der Waals surface area contributed by atoms with Crippen LogP contribution < -0.4 is 0 Å². The maximum atomic E-state index is 10.3. The first-order valence-electron chi connectivity index (χ1n) is 6.83. The molecule has 1 N–H and O–H groups in total. The topological polar surface area (TPSA) is 23.5 Å². The molecule has 0 aromatic carbocycles. The summed E-state index contributed by atoms with van der Waals surface area (Å²) in [7, 11) is 0. The molecule has 0 amide bonds. The van der Waals surface area contributed by atoms with E-state index in [4.69, 9.17) is 0 Å². The van der Waals surface area contributed by atoms with Crippen molar-refractivity contribution in [3.05, 3.63) is 0 Å². The van der Waals surface area contributed by atoms with Crippen LogP contribution in [0.2, 0.25) is 0 Å². The highest BCUT2D eigenvalue weighted by atomic mass is 16.5. The molecule has 86 valence electrons. The van der Waals surface area contributed by atoms with Crippen molar-refractivity contribution in [2.75, 3.05) is 0 Å². The van der Waals surface area contributed by atoms with Gasteiger partial charge in [-0.2, -0.15) is 5.06 Å². The van der Waals surface area contributed by atoms with Crippen molar-refractivity contribution in [3.63, 3.8) is 0 Å². The third kappa shape index (κ3) is 1.72. The van der Waals surface area contributed by atoms with Gasteiger partial charge in [-0.25, -0.2) is 0 Å². The lowest BCUT2D eigenvalue weighted by Gasteiger charge is -2.50. The van der Waals surface area contributed by atoms with E-state index >= 15 is 0 Å². The molecule has 0 spiro atoms. The maximum absolute atomic E-state index is 10.3. The fraction of sp³-hybridized carbons (Fsp3) is 1.00. The third-order valence-electron chi connectivity index (χ3n) is 5.02.